The molecule has 16 heavy (non-hydrogen) atoms. The normalized spacial score (nSPS) is 9.12. The molecule has 0 amide bonds. The van der Waals surface area contributed by atoms with Gasteiger partial charge in [0.15, 0.2) is 0 Å². The Bertz CT molecular complexity index is 414. The molecule has 2 heteroatoms. The minimum absolute atomic E-state index is 0.368. The van der Waals surface area contributed by atoms with Crippen LogP contribution in [0.3, 0.4) is 0 Å². The van der Waals surface area contributed by atoms with Crippen molar-refractivity contribution in [2.45, 2.75) is 13.8 Å². The lowest BCUT2D eigenvalue weighted by Gasteiger charge is -1.92. The summed E-state index contributed by atoms with van der Waals surface area (Å²) in [5.41, 5.74) is 8.43. The van der Waals surface area contributed by atoms with E-state index in [2.05, 4.69) is 0 Å². The number of aromatic hydroxyl groups is 1. The van der Waals surface area contributed by atoms with Crippen LogP contribution in [0.4, 0.5) is 5.69 Å². The van der Waals surface area contributed by atoms with Crippen LogP contribution in [-0.2, 0) is 0 Å². The number of rotatable bonds is 0. The molecular formula is C14H17NO. The van der Waals surface area contributed by atoms with E-state index in [9.17, 15) is 0 Å². The van der Waals surface area contributed by atoms with Gasteiger partial charge in [-0.1, -0.05) is 30.3 Å². The maximum atomic E-state index is 8.92. The minimum Gasteiger partial charge on any atom is -0.508 e. The second-order valence-electron chi connectivity index (χ2n) is 3.70. The predicted molar refractivity (Wildman–Crippen MR) is 68.4 cm³/mol. The molecule has 0 saturated heterocycles. The first-order chi connectivity index (χ1) is 7.59. The SMILES string of the molecule is Cc1cccc(N)c1.Cc1ccccc1O. The maximum absolute atomic E-state index is 8.92. The highest BCUT2D eigenvalue weighted by Crippen LogP contribution is 2.12. The largest absolute Gasteiger partial charge is 0.508 e. The van der Waals surface area contributed by atoms with E-state index in [-0.39, 0.29) is 0 Å². The van der Waals surface area contributed by atoms with Gasteiger partial charge in [-0.3, -0.25) is 0 Å². The Morgan fingerprint density at radius 3 is 2.00 bits per heavy atom. The van der Waals surface area contributed by atoms with Crippen LogP contribution in [-0.4, -0.2) is 5.11 Å². The summed E-state index contributed by atoms with van der Waals surface area (Å²) in [6, 6.07) is 15.1. The highest BCUT2D eigenvalue weighted by molar-refractivity contribution is 5.39. The van der Waals surface area contributed by atoms with Crippen LogP contribution >= 0.6 is 0 Å². The number of anilines is 1. The smallest absolute Gasteiger partial charge is 0.118 e. The molecule has 84 valence electrons. The van der Waals surface area contributed by atoms with E-state index in [1.165, 1.54) is 5.56 Å². The van der Waals surface area contributed by atoms with Crippen LogP contribution in [0.5, 0.6) is 5.75 Å². The molecule has 0 bridgehead atoms. The molecule has 0 aliphatic heterocycles. The lowest BCUT2D eigenvalue weighted by Crippen LogP contribution is -1.82. The second-order valence-corrected chi connectivity index (χ2v) is 3.70. The third-order valence-corrected chi connectivity index (χ3v) is 2.16. The van der Waals surface area contributed by atoms with Gasteiger partial charge in [0.05, 0.1) is 0 Å². The number of benzene rings is 2. The molecule has 2 aromatic carbocycles. The van der Waals surface area contributed by atoms with Gasteiger partial charge in [-0.05, 0) is 43.2 Å². The van der Waals surface area contributed by atoms with E-state index in [0.29, 0.717) is 5.75 Å². The van der Waals surface area contributed by atoms with E-state index in [1.54, 1.807) is 6.07 Å². The van der Waals surface area contributed by atoms with Gasteiger partial charge in [-0.2, -0.15) is 0 Å². The van der Waals surface area contributed by atoms with Gasteiger partial charge in [0, 0.05) is 5.69 Å². The molecular weight excluding hydrogens is 198 g/mol. The fraction of sp³-hybridized carbons (Fsp3) is 0.143. The fourth-order valence-electron chi connectivity index (χ4n) is 1.23. The highest BCUT2D eigenvalue weighted by atomic mass is 16.3. The van der Waals surface area contributed by atoms with Gasteiger partial charge in [-0.25, -0.2) is 0 Å². The summed E-state index contributed by atoms with van der Waals surface area (Å²) in [5.74, 6) is 0.368. The van der Waals surface area contributed by atoms with Gasteiger partial charge in [0.1, 0.15) is 5.75 Å². The first-order valence-corrected chi connectivity index (χ1v) is 5.16. The predicted octanol–water partition coefficient (Wildman–Crippen LogP) is 3.28. The van der Waals surface area contributed by atoms with Crippen molar-refractivity contribution in [3.8, 4) is 5.75 Å². The van der Waals surface area contributed by atoms with E-state index >= 15 is 0 Å². The first kappa shape index (κ1) is 12.1. The van der Waals surface area contributed by atoms with Gasteiger partial charge < -0.3 is 10.8 Å². The Balaban J connectivity index is 0.000000160. The van der Waals surface area contributed by atoms with E-state index in [4.69, 9.17) is 10.8 Å². The molecule has 0 spiro atoms. The van der Waals surface area contributed by atoms with Crippen molar-refractivity contribution in [2.24, 2.45) is 0 Å². The van der Waals surface area contributed by atoms with Crippen molar-refractivity contribution in [3.05, 3.63) is 59.7 Å². The molecule has 0 aromatic heterocycles. The number of nitrogens with two attached hydrogens (primary N) is 1. The average Bonchev–Trinajstić information content (AvgIpc) is 2.23. The summed E-state index contributed by atoms with van der Waals surface area (Å²) in [4.78, 5) is 0. The Labute approximate surface area is 96.4 Å². The van der Waals surface area contributed by atoms with Gasteiger partial charge in [0.25, 0.3) is 0 Å². The van der Waals surface area contributed by atoms with Crippen LogP contribution in [0.15, 0.2) is 48.5 Å². The van der Waals surface area contributed by atoms with Crippen molar-refractivity contribution >= 4 is 5.69 Å². The third kappa shape index (κ3) is 4.05. The Kier molecular flexibility index (Phi) is 4.40. The average molecular weight is 215 g/mol. The summed E-state index contributed by atoms with van der Waals surface area (Å²) in [6.45, 7) is 3.89. The summed E-state index contributed by atoms with van der Waals surface area (Å²) < 4.78 is 0. The molecule has 3 N–H and O–H groups in total. The standard InChI is InChI=1S/C7H9N.C7H8O/c1-6-3-2-4-7(8)5-6;1-6-4-2-3-5-7(6)8/h2-5H,8H2,1H3;2-5,8H,1H3. The van der Waals surface area contributed by atoms with Gasteiger partial charge in [0.2, 0.25) is 0 Å². The minimum atomic E-state index is 0.368. The molecule has 0 unspecified atom stereocenters. The summed E-state index contributed by atoms with van der Waals surface area (Å²) in [5, 5.41) is 8.92. The first-order valence-electron chi connectivity index (χ1n) is 5.16. The van der Waals surface area contributed by atoms with Crippen LogP contribution in [0, 0.1) is 13.8 Å². The Morgan fingerprint density at radius 2 is 1.62 bits per heavy atom. The molecule has 2 aromatic rings. The molecule has 0 atom stereocenters. The van der Waals surface area contributed by atoms with Crippen LogP contribution in [0.1, 0.15) is 11.1 Å². The van der Waals surface area contributed by atoms with Crippen molar-refractivity contribution in [3.63, 3.8) is 0 Å². The molecule has 0 heterocycles. The lowest BCUT2D eigenvalue weighted by molar-refractivity contribution is 0.471. The monoisotopic (exact) mass is 215 g/mol. The van der Waals surface area contributed by atoms with Crippen molar-refractivity contribution in [1.29, 1.82) is 0 Å². The number of nitrogen functional groups attached to an aromatic ring is 1. The molecule has 0 aliphatic carbocycles. The van der Waals surface area contributed by atoms with E-state index in [0.717, 1.165) is 11.3 Å². The quantitative estimate of drug-likeness (QED) is 0.662. The second kappa shape index (κ2) is 5.81. The number of phenols is 1. The number of phenolic OH excluding ortho intramolecular Hbond substituents is 1. The zero-order chi connectivity index (χ0) is 12.0. The van der Waals surface area contributed by atoms with Crippen molar-refractivity contribution in [2.75, 3.05) is 5.73 Å². The van der Waals surface area contributed by atoms with Crippen LogP contribution < -0.4 is 5.73 Å². The number of aryl methyl sites for hydroxylation is 2. The number of para-hydroxylation sites is 1. The van der Waals surface area contributed by atoms with Gasteiger partial charge >= 0.3 is 0 Å². The number of hydrogen-bond acceptors (Lipinski definition) is 2. The summed E-state index contributed by atoms with van der Waals surface area (Å²) in [7, 11) is 0. The van der Waals surface area contributed by atoms with Gasteiger partial charge in [-0.15, -0.1) is 0 Å². The zero-order valence-electron chi connectivity index (χ0n) is 9.64. The number of hydrogen-bond donors (Lipinski definition) is 2. The third-order valence-electron chi connectivity index (χ3n) is 2.16. The van der Waals surface area contributed by atoms with Crippen molar-refractivity contribution < 1.29 is 5.11 Å². The summed E-state index contributed by atoms with van der Waals surface area (Å²) in [6.07, 6.45) is 0. The summed E-state index contributed by atoms with van der Waals surface area (Å²) >= 11 is 0. The molecule has 0 aliphatic rings. The van der Waals surface area contributed by atoms with E-state index < -0.39 is 0 Å². The van der Waals surface area contributed by atoms with Crippen molar-refractivity contribution in [1.82, 2.24) is 0 Å². The topological polar surface area (TPSA) is 46.2 Å². The molecule has 0 saturated carbocycles. The zero-order valence-corrected chi connectivity index (χ0v) is 9.64. The van der Waals surface area contributed by atoms with E-state index in [1.807, 2.05) is 56.3 Å². The highest BCUT2D eigenvalue weighted by Gasteiger charge is 1.87. The maximum Gasteiger partial charge on any atom is 0.118 e. The molecule has 2 nitrogen and oxygen atoms in total. The molecule has 0 fully saturated rings. The lowest BCUT2D eigenvalue weighted by atomic mass is 10.2. The fourth-order valence-corrected chi connectivity index (χ4v) is 1.23. The Hall–Kier alpha value is -1.96. The molecule has 2 rings (SSSR count). The van der Waals surface area contributed by atoms with Crippen LogP contribution in [0.25, 0.3) is 0 Å². The Morgan fingerprint density at radius 1 is 0.938 bits per heavy atom. The van der Waals surface area contributed by atoms with Crippen LogP contribution in [0.2, 0.25) is 0 Å². The molecule has 0 radical (unpaired) electrons.